The number of unbranched alkanes of at least 4 members (excludes halogenated alkanes) is 12. The maximum absolute atomic E-state index is 12.0. The van der Waals surface area contributed by atoms with Gasteiger partial charge in [-0.1, -0.05) is 64.2 Å². The summed E-state index contributed by atoms with van der Waals surface area (Å²) >= 11 is 0. The summed E-state index contributed by atoms with van der Waals surface area (Å²) in [6.07, 6.45) is 15.4. The monoisotopic (exact) mass is 414 g/mol. The van der Waals surface area contributed by atoms with Crippen molar-refractivity contribution in [2.45, 2.75) is 102 Å². The van der Waals surface area contributed by atoms with E-state index in [9.17, 15) is 14.4 Å². The lowest BCUT2D eigenvalue weighted by Gasteiger charge is -2.28. The van der Waals surface area contributed by atoms with Gasteiger partial charge in [-0.05, 0) is 12.8 Å². The molecule has 0 spiro atoms. The average molecular weight is 415 g/mol. The molecule has 170 valence electrons. The Hall–Kier alpha value is -1.43. The largest absolute Gasteiger partial charge is 0.481 e. The molecule has 0 aliphatic heterocycles. The summed E-state index contributed by atoms with van der Waals surface area (Å²) in [4.78, 5) is 33.2. The summed E-state index contributed by atoms with van der Waals surface area (Å²) in [5.41, 5.74) is 0. The fourth-order valence-electron chi connectivity index (χ4n) is 3.46. The second-order valence-electron chi connectivity index (χ2n) is 9.13. The second kappa shape index (κ2) is 17.4. The van der Waals surface area contributed by atoms with Crippen molar-refractivity contribution in [3.63, 3.8) is 0 Å². The van der Waals surface area contributed by atoms with Crippen molar-refractivity contribution in [1.82, 2.24) is 0 Å². The van der Waals surface area contributed by atoms with Gasteiger partial charge in [-0.15, -0.1) is 0 Å². The zero-order valence-electron chi connectivity index (χ0n) is 19.0. The Bertz CT molecular complexity index is 445. The van der Waals surface area contributed by atoms with E-state index in [2.05, 4.69) is 0 Å². The molecule has 0 aliphatic carbocycles. The summed E-state index contributed by atoms with van der Waals surface area (Å²) in [5, 5.41) is 8.99. The lowest BCUT2D eigenvalue weighted by molar-refractivity contribution is -0.873. The van der Waals surface area contributed by atoms with Crippen molar-refractivity contribution in [2.75, 3.05) is 27.7 Å². The van der Waals surface area contributed by atoms with Gasteiger partial charge >= 0.3 is 11.9 Å². The molecule has 0 aliphatic rings. The molecule has 0 fully saturated rings. The first-order valence-electron chi connectivity index (χ1n) is 11.4. The molecule has 0 radical (unpaired) electrons. The first-order valence-corrected chi connectivity index (χ1v) is 11.4. The van der Waals surface area contributed by atoms with Crippen LogP contribution in [0.1, 0.15) is 96.3 Å². The number of likely N-dealkylation sites (N-methyl/N-ethyl adjacent to an activating group) is 1. The van der Waals surface area contributed by atoms with Crippen molar-refractivity contribution < 1.29 is 28.7 Å². The van der Waals surface area contributed by atoms with Crippen molar-refractivity contribution in [3.8, 4) is 0 Å². The van der Waals surface area contributed by atoms with Crippen molar-refractivity contribution in [1.29, 1.82) is 0 Å². The standard InChI is InChI=1S/C23H43NO5/c1-24(2,3)20-21(19-22(26)27)29-23(28)17-15-13-11-9-7-5-4-6-8-10-12-14-16-18-25/h18,21H,4-17,19-20H2,1-3H3/p+1/t21-/m1/s1. The van der Waals surface area contributed by atoms with Gasteiger partial charge in [0.25, 0.3) is 0 Å². The van der Waals surface area contributed by atoms with Crippen LogP contribution in [0, 0.1) is 0 Å². The fourth-order valence-corrected chi connectivity index (χ4v) is 3.46. The molecule has 0 aromatic rings. The molecule has 1 atom stereocenters. The summed E-state index contributed by atoms with van der Waals surface area (Å²) in [7, 11) is 5.87. The van der Waals surface area contributed by atoms with Crippen LogP contribution < -0.4 is 0 Å². The first-order chi connectivity index (χ1) is 13.7. The normalized spacial score (nSPS) is 12.5. The number of hydrogen-bond acceptors (Lipinski definition) is 4. The van der Waals surface area contributed by atoms with E-state index in [-0.39, 0.29) is 12.4 Å². The van der Waals surface area contributed by atoms with Crippen LogP contribution in [-0.2, 0) is 19.1 Å². The Balaban J connectivity index is 3.60. The van der Waals surface area contributed by atoms with Crippen LogP contribution in [0.2, 0.25) is 0 Å². The number of carboxylic acids is 1. The predicted molar refractivity (Wildman–Crippen MR) is 116 cm³/mol. The molecule has 6 nitrogen and oxygen atoms in total. The van der Waals surface area contributed by atoms with Gasteiger partial charge in [-0.2, -0.15) is 0 Å². The molecule has 0 aromatic carbocycles. The minimum Gasteiger partial charge on any atom is -0.481 e. The number of aliphatic carboxylic acids is 1. The number of carbonyl (C=O) groups excluding carboxylic acids is 2. The first kappa shape index (κ1) is 27.6. The molecular weight excluding hydrogens is 370 g/mol. The Morgan fingerprint density at radius 1 is 0.828 bits per heavy atom. The molecule has 0 amide bonds. The number of rotatable bonds is 20. The van der Waals surface area contributed by atoms with Gasteiger partial charge in [-0.25, -0.2) is 0 Å². The van der Waals surface area contributed by atoms with E-state index in [1.54, 1.807) is 0 Å². The third-order valence-corrected chi connectivity index (χ3v) is 4.90. The van der Waals surface area contributed by atoms with E-state index >= 15 is 0 Å². The topological polar surface area (TPSA) is 80.7 Å². The number of hydrogen-bond donors (Lipinski definition) is 1. The Labute approximate surface area is 177 Å². The van der Waals surface area contributed by atoms with Gasteiger partial charge in [-0.3, -0.25) is 9.59 Å². The minimum atomic E-state index is -0.936. The lowest BCUT2D eigenvalue weighted by Crippen LogP contribution is -2.43. The van der Waals surface area contributed by atoms with Crippen LogP contribution in [0.15, 0.2) is 0 Å². The van der Waals surface area contributed by atoms with Crippen molar-refractivity contribution in [3.05, 3.63) is 0 Å². The van der Waals surface area contributed by atoms with E-state index in [0.717, 1.165) is 32.0 Å². The van der Waals surface area contributed by atoms with Gasteiger partial charge in [0.2, 0.25) is 0 Å². The maximum atomic E-state index is 12.0. The van der Waals surface area contributed by atoms with Crippen molar-refractivity contribution >= 4 is 18.2 Å². The fraction of sp³-hybridized carbons (Fsp3) is 0.870. The van der Waals surface area contributed by atoms with Crippen LogP contribution in [0.25, 0.3) is 0 Å². The molecule has 0 saturated carbocycles. The van der Waals surface area contributed by atoms with Crippen LogP contribution in [0.4, 0.5) is 0 Å². The smallest absolute Gasteiger partial charge is 0.307 e. The summed E-state index contributed by atoms with van der Waals surface area (Å²) < 4.78 is 5.96. The number of aldehydes is 1. The number of ether oxygens (including phenoxy) is 1. The minimum absolute atomic E-state index is 0.139. The molecule has 0 unspecified atom stereocenters. The van der Waals surface area contributed by atoms with Crippen LogP contribution in [0.3, 0.4) is 0 Å². The van der Waals surface area contributed by atoms with Crippen LogP contribution in [-0.4, -0.2) is 61.6 Å². The molecule has 0 rings (SSSR count). The highest BCUT2D eigenvalue weighted by Crippen LogP contribution is 2.13. The van der Waals surface area contributed by atoms with Gasteiger partial charge < -0.3 is 19.1 Å². The van der Waals surface area contributed by atoms with E-state index in [1.165, 1.54) is 51.4 Å². The quantitative estimate of drug-likeness (QED) is 0.135. The molecule has 0 bridgehead atoms. The Morgan fingerprint density at radius 3 is 1.69 bits per heavy atom. The zero-order valence-corrected chi connectivity index (χ0v) is 19.0. The molecule has 1 N–H and O–H groups in total. The number of carbonyl (C=O) groups is 3. The van der Waals surface area contributed by atoms with E-state index < -0.39 is 12.1 Å². The Morgan fingerprint density at radius 2 is 1.28 bits per heavy atom. The molecule has 6 heteroatoms. The lowest BCUT2D eigenvalue weighted by atomic mass is 10.0. The molecule has 0 heterocycles. The highest BCUT2D eigenvalue weighted by molar-refractivity contribution is 5.71. The molecule has 0 saturated heterocycles. The average Bonchev–Trinajstić information content (AvgIpc) is 2.60. The van der Waals surface area contributed by atoms with Crippen LogP contribution in [0.5, 0.6) is 0 Å². The Kier molecular flexibility index (Phi) is 16.6. The number of carboxylic acid groups (broad SMARTS) is 1. The van der Waals surface area contributed by atoms with Gasteiger partial charge in [0, 0.05) is 12.8 Å². The second-order valence-corrected chi connectivity index (χ2v) is 9.13. The van der Waals surface area contributed by atoms with Gasteiger partial charge in [0.05, 0.1) is 27.6 Å². The summed E-state index contributed by atoms with van der Waals surface area (Å²) in [5.74, 6) is -1.22. The number of esters is 1. The third-order valence-electron chi connectivity index (χ3n) is 4.90. The van der Waals surface area contributed by atoms with Crippen LogP contribution >= 0.6 is 0 Å². The highest BCUT2D eigenvalue weighted by atomic mass is 16.5. The molecule has 0 aromatic heterocycles. The van der Waals surface area contributed by atoms with Gasteiger partial charge in [0.15, 0.2) is 6.10 Å². The zero-order chi connectivity index (χ0) is 22.0. The van der Waals surface area contributed by atoms with Gasteiger partial charge in [0.1, 0.15) is 12.8 Å². The molecular formula is C23H44NO5+. The van der Waals surface area contributed by atoms with E-state index in [4.69, 9.17) is 9.84 Å². The summed E-state index contributed by atoms with van der Waals surface area (Å²) in [6, 6.07) is 0. The summed E-state index contributed by atoms with van der Waals surface area (Å²) in [6.45, 7) is 0.497. The predicted octanol–water partition coefficient (Wildman–Crippen LogP) is 4.74. The van der Waals surface area contributed by atoms with E-state index in [0.29, 0.717) is 23.9 Å². The third kappa shape index (κ3) is 21.1. The van der Waals surface area contributed by atoms with E-state index in [1.807, 2.05) is 21.1 Å². The molecule has 29 heavy (non-hydrogen) atoms. The maximum Gasteiger partial charge on any atom is 0.307 e. The highest BCUT2D eigenvalue weighted by Gasteiger charge is 2.24. The number of quaternary nitrogens is 1. The number of nitrogens with zero attached hydrogens (tertiary/aromatic N) is 1. The SMILES string of the molecule is C[N+](C)(C)C[C@@H](CC(=O)O)OC(=O)CCCCCCCCCCCCCCC=O. The van der Waals surface area contributed by atoms with Crippen molar-refractivity contribution in [2.24, 2.45) is 0 Å².